The summed E-state index contributed by atoms with van der Waals surface area (Å²) in [5.41, 5.74) is 1.59. The Balaban J connectivity index is 1.40. The Morgan fingerprint density at radius 3 is 2.05 bits per heavy atom. The minimum Gasteiger partial charge on any atom is -0.508 e. The fraction of sp³-hybridized carbons (Fsp3) is 0.462. The number of hydrogen-bond acceptors (Lipinski definition) is 19. The number of carbonyl (C=O) groups excluding carboxylic acids is 10. The number of carbonyl (C=O) groups is 10. The van der Waals surface area contributed by atoms with Gasteiger partial charge in [-0.1, -0.05) is 106 Å². The number of ether oxygens (including phenoxy) is 1. The second-order valence-corrected chi connectivity index (χ2v) is 28.6. The van der Waals surface area contributed by atoms with Crippen molar-refractivity contribution in [1.82, 2.24) is 63.1 Å². The van der Waals surface area contributed by atoms with Gasteiger partial charge in [0.2, 0.25) is 53.2 Å². The van der Waals surface area contributed by atoms with Crippen molar-refractivity contribution in [3.05, 3.63) is 126 Å². The fourth-order valence-electron chi connectivity index (χ4n) is 9.70. The topological polar surface area (TPSA) is 390 Å². The van der Waals surface area contributed by atoms with Gasteiger partial charge in [-0.05, 0) is 118 Å². The molecule has 3 heterocycles. The Labute approximate surface area is 567 Å². The third-order valence-corrected chi connectivity index (χ3v) is 19.3. The number of aliphatic hydroxyl groups excluding tert-OH is 2. The molecule has 0 aliphatic carbocycles. The minimum atomic E-state index is -1.82. The molecule has 10 atom stereocenters. The zero-order valence-corrected chi connectivity index (χ0v) is 57.0. The third-order valence-electron chi connectivity index (χ3n) is 14.6. The number of aromatic hydroxyl groups is 1. The van der Waals surface area contributed by atoms with Crippen molar-refractivity contribution < 1.29 is 68.0 Å². The van der Waals surface area contributed by atoms with Crippen molar-refractivity contribution in [2.24, 2.45) is 0 Å². The molecule has 6 rings (SSSR count). The predicted molar refractivity (Wildman–Crippen MR) is 366 cm³/mol. The van der Waals surface area contributed by atoms with Gasteiger partial charge < -0.3 is 78.2 Å². The molecule has 0 saturated carbocycles. The number of phenolic OH excluding ortho intramolecular Hbond substituents is 1. The van der Waals surface area contributed by atoms with Crippen molar-refractivity contribution in [3.8, 4) is 5.75 Å². The summed E-state index contributed by atoms with van der Waals surface area (Å²) >= 11 is 0. The van der Waals surface area contributed by atoms with Crippen LogP contribution in [0.25, 0.3) is 10.9 Å². The van der Waals surface area contributed by atoms with Crippen LogP contribution in [0.2, 0.25) is 0 Å². The average Bonchev–Trinajstić information content (AvgIpc) is 1.81. The maximum atomic E-state index is 15.2. The zero-order valence-electron chi connectivity index (χ0n) is 53.8. The number of aromatic amines is 1. The number of amides is 10. The van der Waals surface area contributed by atoms with Gasteiger partial charge >= 0.3 is 6.09 Å². The third kappa shape index (κ3) is 25.9. The predicted octanol–water partition coefficient (Wildman–Crippen LogP) is 3.38. The molecule has 0 bridgehead atoms. The van der Waals surface area contributed by atoms with E-state index in [1.807, 2.05) is 18.2 Å². The molecular formula is C65H86N12O14S4. The van der Waals surface area contributed by atoms with Crippen LogP contribution in [0.15, 0.2) is 114 Å². The van der Waals surface area contributed by atoms with Crippen molar-refractivity contribution in [3.63, 3.8) is 0 Å². The van der Waals surface area contributed by atoms with E-state index in [2.05, 4.69) is 63.1 Å². The number of unbranched alkanes of at least 4 members (excludes halogenated alkanes) is 1. The summed E-state index contributed by atoms with van der Waals surface area (Å²) in [6.45, 7) is 9.59. The highest BCUT2D eigenvalue weighted by molar-refractivity contribution is 8.77. The molecule has 26 nitrogen and oxygen atoms in total. The molecule has 10 amide bonds. The van der Waals surface area contributed by atoms with E-state index in [1.54, 1.807) is 94.7 Å². The lowest BCUT2D eigenvalue weighted by Crippen LogP contribution is -2.63. The van der Waals surface area contributed by atoms with Crippen LogP contribution in [0.3, 0.4) is 0 Å². The van der Waals surface area contributed by atoms with Crippen molar-refractivity contribution in [2.75, 3.05) is 30.3 Å². The van der Waals surface area contributed by atoms with Crippen molar-refractivity contribution in [1.29, 1.82) is 0 Å². The quantitative estimate of drug-likeness (QED) is 0.0279. The molecular weight excluding hydrogens is 1300 g/mol. The standard InChI is InChI=1S/C65H86N12O14S4/c1-7-17-52(81)70-47(32-40-18-9-8-10-19-40)57(83)74-50-36-93-94-37-51(61(87)76-54(38(2)78)62(88)67-30-31-92-95-53-23-14-16-28-66-53)75-63(89)55(39(3)79)77-56(82)46(22-13-15-29-68-64(90)91-65(4,5)6)71-59(85)49(34-42-35-69-45-21-12-11-20-44(42)45)73-58(84)48(72-60(50)86)33-41-24-26-43(80)27-25-41/h8-12,14,16,18-21,23-28,35,38-39,46-51,54-55,69,78-80H,7,13,15,17,22,29-34,36-37H2,1-6H3,(H,67,88)(H,68,90)(H,70,81)(H,71,85)(H,72,86)(H,73,84)(H,74,83)(H,75,89)(H,76,87)(H,77,82)/t38-,39-,46+,47-,48+,49-,50+,51+,54+,55+/m1/s1. The Morgan fingerprint density at radius 2 is 1.37 bits per heavy atom. The lowest BCUT2D eigenvalue weighted by atomic mass is 10.0. The number of aromatic nitrogens is 2. The van der Waals surface area contributed by atoms with Crippen molar-refractivity contribution >= 4 is 113 Å². The number of para-hydroxylation sites is 1. The van der Waals surface area contributed by atoms with Crippen LogP contribution in [0.4, 0.5) is 4.79 Å². The molecule has 3 aromatic carbocycles. The summed E-state index contributed by atoms with van der Waals surface area (Å²) in [4.78, 5) is 151. The number of phenols is 1. The maximum Gasteiger partial charge on any atom is 0.407 e. The Morgan fingerprint density at radius 1 is 0.705 bits per heavy atom. The highest BCUT2D eigenvalue weighted by atomic mass is 33.1. The summed E-state index contributed by atoms with van der Waals surface area (Å²) in [6, 6.07) is 15.0. The number of nitrogens with one attached hydrogen (secondary N) is 11. The number of nitrogens with zero attached hydrogens (tertiary/aromatic N) is 1. The van der Waals surface area contributed by atoms with E-state index in [-0.39, 0.29) is 75.3 Å². The first kappa shape index (κ1) is 76.0. The van der Waals surface area contributed by atoms with Gasteiger partial charge in [0.1, 0.15) is 64.7 Å². The number of pyridine rings is 1. The number of H-pyrrole nitrogens is 1. The fourth-order valence-corrected chi connectivity index (χ4v) is 13.8. The molecule has 1 fully saturated rings. The first-order chi connectivity index (χ1) is 45.4. The van der Waals surface area contributed by atoms with Crippen LogP contribution in [0, 0.1) is 0 Å². The molecule has 1 aliphatic rings. The summed E-state index contributed by atoms with van der Waals surface area (Å²) in [7, 11) is 4.66. The maximum absolute atomic E-state index is 15.2. The van der Waals surface area contributed by atoms with E-state index in [9.17, 15) is 48.9 Å². The lowest BCUT2D eigenvalue weighted by Gasteiger charge is -2.29. The molecule has 2 aromatic heterocycles. The van der Waals surface area contributed by atoms with Crippen LogP contribution in [-0.4, -0.2) is 181 Å². The molecule has 0 unspecified atom stereocenters. The number of alkyl carbamates (subject to hydrolysis) is 1. The largest absolute Gasteiger partial charge is 0.508 e. The number of benzene rings is 3. The summed E-state index contributed by atoms with van der Waals surface area (Å²) in [5.74, 6) is -8.07. The van der Waals surface area contributed by atoms with Crippen molar-refractivity contribution in [2.45, 2.75) is 164 Å². The van der Waals surface area contributed by atoms with Gasteiger partial charge in [-0.15, -0.1) is 0 Å². The second-order valence-electron chi connectivity index (χ2n) is 23.6. The van der Waals surface area contributed by atoms with E-state index in [0.29, 0.717) is 39.8 Å². The van der Waals surface area contributed by atoms with Gasteiger partial charge in [-0.25, -0.2) is 9.78 Å². The number of hydrogen-bond donors (Lipinski definition) is 14. The van der Waals surface area contributed by atoms with Gasteiger partial charge in [0.25, 0.3) is 0 Å². The van der Waals surface area contributed by atoms with Crippen LogP contribution in [0.5, 0.6) is 5.75 Å². The number of fused-ring (bicyclic) bond motifs is 1. The molecule has 30 heteroatoms. The monoisotopic (exact) mass is 1390 g/mol. The highest BCUT2D eigenvalue weighted by Crippen LogP contribution is 2.29. The SMILES string of the molecule is CCCC(=O)N[C@H](Cc1ccccc1)C(=O)N[C@H]1CSSC[C@@H](C(=O)N[C@H](C(=O)NCCSSc2ccccn2)[C@@H](C)O)NC(=O)[C@H]([C@@H](C)O)NC(=O)[C@H](CCCCNC(=O)OC(C)(C)C)NC(=O)[C@@H](Cc2c[nH]c3ccccc23)NC(=O)[C@H](Cc2ccc(O)cc2)NC1=O. The molecule has 95 heavy (non-hydrogen) atoms. The summed E-state index contributed by atoms with van der Waals surface area (Å²) < 4.78 is 5.36. The van der Waals surface area contributed by atoms with Crippen LogP contribution in [-0.2, 0) is 67.2 Å². The Kier molecular flexibility index (Phi) is 30.8. The molecule has 1 saturated heterocycles. The van der Waals surface area contributed by atoms with Gasteiger partial charge in [0.15, 0.2) is 0 Å². The molecule has 1 aliphatic heterocycles. The second kappa shape index (κ2) is 38.5. The van der Waals surface area contributed by atoms with Crippen LogP contribution >= 0.6 is 43.2 Å². The van der Waals surface area contributed by atoms with E-state index in [1.165, 1.54) is 59.7 Å². The normalized spacial score (nSPS) is 19.9. The van der Waals surface area contributed by atoms with Gasteiger partial charge in [-0.2, -0.15) is 0 Å². The van der Waals surface area contributed by atoms with E-state index < -0.39 is 125 Å². The molecule has 0 spiro atoms. The smallest absolute Gasteiger partial charge is 0.407 e. The van der Waals surface area contributed by atoms with Gasteiger partial charge in [0, 0.05) is 79.3 Å². The highest BCUT2D eigenvalue weighted by Gasteiger charge is 2.38. The summed E-state index contributed by atoms with van der Waals surface area (Å²) in [5, 5.41) is 60.9. The number of rotatable bonds is 26. The zero-order chi connectivity index (χ0) is 69.0. The van der Waals surface area contributed by atoms with E-state index in [0.717, 1.165) is 26.6 Å². The van der Waals surface area contributed by atoms with E-state index >= 15 is 14.4 Å². The first-order valence-electron chi connectivity index (χ1n) is 31.2. The lowest BCUT2D eigenvalue weighted by molar-refractivity contribution is -0.137. The summed E-state index contributed by atoms with van der Waals surface area (Å²) in [6.07, 6.45) is -0.139. The Bertz CT molecular complexity index is 3360. The minimum absolute atomic E-state index is 0.0101. The Hall–Kier alpha value is -8.03. The molecule has 5 aromatic rings. The molecule has 14 N–H and O–H groups in total. The van der Waals surface area contributed by atoms with Crippen LogP contribution in [0.1, 0.15) is 90.3 Å². The molecule has 0 radical (unpaired) electrons. The van der Waals surface area contributed by atoms with Gasteiger partial charge in [0.05, 0.1) is 12.2 Å². The van der Waals surface area contributed by atoms with Gasteiger partial charge in [-0.3, -0.25) is 43.2 Å². The van der Waals surface area contributed by atoms with Crippen LogP contribution < -0.4 is 53.2 Å². The average molecular weight is 1390 g/mol. The molecule has 514 valence electrons. The number of aliphatic hydroxyl groups is 2. The van der Waals surface area contributed by atoms with E-state index in [4.69, 9.17) is 4.74 Å². The first-order valence-corrected chi connectivity index (χ1v) is 36.0.